The topological polar surface area (TPSA) is 87.0 Å². The van der Waals surface area contributed by atoms with Crippen LogP contribution >= 0.6 is 0 Å². The number of benzene rings is 2. The number of likely N-dealkylation sites (tertiary alicyclic amines) is 1. The molecule has 2 aromatic carbocycles. The van der Waals surface area contributed by atoms with E-state index in [4.69, 9.17) is 4.74 Å². The molecular formula is C27H31FN4O4. The summed E-state index contributed by atoms with van der Waals surface area (Å²) in [4.78, 5) is 29.6. The highest BCUT2D eigenvalue weighted by molar-refractivity contribution is 5.93. The minimum atomic E-state index is -0.474. The normalized spacial score (nSPS) is 18.2. The van der Waals surface area contributed by atoms with Crippen molar-refractivity contribution in [3.05, 3.63) is 59.5 Å². The third-order valence-electron chi connectivity index (χ3n) is 7.46. The number of hydrogen-bond acceptors (Lipinski definition) is 4. The van der Waals surface area contributed by atoms with Gasteiger partial charge in [-0.2, -0.15) is 0 Å². The molecule has 0 aliphatic carbocycles. The number of aliphatic hydroxyl groups is 1. The molecule has 0 saturated carbocycles. The van der Waals surface area contributed by atoms with Crippen molar-refractivity contribution < 1.29 is 23.8 Å². The van der Waals surface area contributed by atoms with Crippen LogP contribution in [0.4, 0.5) is 14.9 Å². The Hall–Kier alpha value is -3.59. The van der Waals surface area contributed by atoms with Crippen molar-refractivity contribution in [3.63, 3.8) is 0 Å². The molecule has 3 aromatic rings. The first kappa shape index (κ1) is 24.1. The summed E-state index contributed by atoms with van der Waals surface area (Å²) in [6.07, 6.45) is 1.10. The van der Waals surface area contributed by atoms with Crippen LogP contribution in [0.3, 0.4) is 0 Å². The summed E-state index contributed by atoms with van der Waals surface area (Å²) in [5.41, 5.74) is 2.82. The molecule has 0 bridgehead atoms. The van der Waals surface area contributed by atoms with Gasteiger partial charge >= 0.3 is 6.03 Å². The fourth-order valence-electron chi connectivity index (χ4n) is 5.83. The number of aryl methyl sites for hydroxylation is 1. The molecular weight excluding hydrogens is 463 g/mol. The number of nitrogens with one attached hydrogen (secondary N) is 1. The quantitative estimate of drug-likeness (QED) is 0.565. The first-order valence-electron chi connectivity index (χ1n) is 12.2. The fraction of sp³-hybridized carbons (Fsp3) is 0.407. The molecule has 5 rings (SSSR count). The molecule has 1 atom stereocenters. The average Bonchev–Trinajstić information content (AvgIpc) is 3.14. The van der Waals surface area contributed by atoms with Gasteiger partial charge in [0, 0.05) is 55.9 Å². The number of fused-ring (bicyclic) bond motifs is 4. The molecule has 2 aliphatic rings. The van der Waals surface area contributed by atoms with E-state index in [2.05, 4.69) is 5.32 Å². The van der Waals surface area contributed by atoms with Crippen molar-refractivity contribution in [2.24, 2.45) is 7.05 Å². The van der Waals surface area contributed by atoms with E-state index >= 15 is 0 Å². The molecule has 8 nitrogen and oxygen atoms in total. The molecule has 3 amide bonds. The zero-order valence-corrected chi connectivity index (χ0v) is 20.8. The number of methoxy groups -OCH3 is 1. The molecule has 2 aliphatic heterocycles. The minimum absolute atomic E-state index is 0.00734. The number of halogens is 1. The molecule has 190 valence electrons. The van der Waals surface area contributed by atoms with Crippen LogP contribution in [0.25, 0.3) is 10.9 Å². The van der Waals surface area contributed by atoms with Crippen LogP contribution in [0, 0.1) is 5.82 Å². The number of hydrogen-bond donors (Lipinski definition) is 2. The van der Waals surface area contributed by atoms with Crippen molar-refractivity contribution in [1.29, 1.82) is 0 Å². The zero-order valence-electron chi connectivity index (χ0n) is 20.8. The second-order valence-corrected chi connectivity index (χ2v) is 9.75. The Bertz CT molecular complexity index is 1330. The number of carbonyl (C=O) groups is 2. The Morgan fingerprint density at radius 3 is 2.64 bits per heavy atom. The first-order chi connectivity index (χ1) is 17.3. The second kappa shape index (κ2) is 9.13. The number of aromatic nitrogens is 1. The lowest BCUT2D eigenvalue weighted by molar-refractivity contribution is -0.138. The maximum Gasteiger partial charge on any atom is 0.321 e. The maximum atomic E-state index is 13.6. The molecule has 3 heterocycles. The summed E-state index contributed by atoms with van der Waals surface area (Å²) < 4.78 is 21.1. The van der Waals surface area contributed by atoms with E-state index in [0.29, 0.717) is 38.2 Å². The summed E-state index contributed by atoms with van der Waals surface area (Å²) in [5.74, 6) is 0.293. The van der Waals surface area contributed by atoms with E-state index in [1.54, 1.807) is 29.0 Å². The van der Waals surface area contributed by atoms with Crippen molar-refractivity contribution in [2.75, 3.05) is 38.7 Å². The monoisotopic (exact) mass is 494 g/mol. The van der Waals surface area contributed by atoms with Gasteiger partial charge in [-0.05, 0) is 42.3 Å². The van der Waals surface area contributed by atoms with Crippen molar-refractivity contribution in [3.8, 4) is 5.75 Å². The molecule has 0 unspecified atom stereocenters. The minimum Gasteiger partial charge on any atom is -0.497 e. The van der Waals surface area contributed by atoms with Gasteiger partial charge in [0.2, 0.25) is 5.91 Å². The molecule has 36 heavy (non-hydrogen) atoms. The van der Waals surface area contributed by atoms with Gasteiger partial charge in [0.1, 0.15) is 11.6 Å². The zero-order chi connectivity index (χ0) is 25.6. The predicted molar refractivity (Wildman–Crippen MR) is 135 cm³/mol. The van der Waals surface area contributed by atoms with Crippen LogP contribution in [0.1, 0.15) is 37.1 Å². The highest BCUT2D eigenvalue weighted by Crippen LogP contribution is 2.49. The Balaban J connectivity index is 1.54. The van der Waals surface area contributed by atoms with E-state index in [1.807, 2.05) is 36.7 Å². The van der Waals surface area contributed by atoms with Gasteiger partial charge in [0.05, 0.1) is 30.7 Å². The Morgan fingerprint density at radius 2 is 1.97 bits per heavy atom. The summed E-state index contributed by atoms with van der Waals surface area (Å²) in [5, 5.41) is 14.2. The Labute approximate surface area is 209 Å². The van der Waals surface area contributed by atoms with Crippen LogP contribution in [0.15, 0.2) is 42.5 Å². The summed E-state index contributed by atoms with van der Waals surface area (Å²) >= 11 is 0. The van der Waals surface area contributed by atoms with Gasteiger partial charge in [0.15, 0.2) is 0 Å². The molecule has 1 aromatic heterocycles. The van der Waals surface area contributed by atoms with Crippen LogP contribution < -0.4 is 10.1 Å². The van der Waals surface area contributed by atoms with Crippen LogP contribution in [-0.2, 0) is 17.3 Å². The van der Waals surface area contributed by atoms with Gasteiger partial charge in [-0.3, -0.25) is 4.79 Å². The third-order valence-corrected chi connectivity index (χ3v) is 7.46. The molecule has 1 saturated heterocycles. The lowest BCUT2D eigenvalue weighted by Crippen LogP contribution is -2.68. The van der Waals surface area contributed by atoms with Gasteiger partial charge in [-0.1, -0.05) is 13.0 Å². The summed E-state index contributed by atoms with van der Waals surface area (Å²) in [6, 6.07) is 10.9. The van der Waals surface area contributed by atoms with Crippen molar-refractivity contribution >= 4 is 28.5 Å². The van der Waals surface area contributed by atoms with Crippen molar-refractivity contribution in [1.82, 2.24) is 14.4 Å². The smallest absolute Gasteiger partial charge is 0.321 e. The number of nitrogens with zero attached hydrogens (tertiary/aromatic N) is 3. The van der Waals surface area contributed by atoms with Crippen molar-refractivity contribution in [2.45, 2.75) is 31.2 Å². The molecule has 9 heteroatoms. The van der Waals surface area contributed by atoms with Gasteiger partial charge in [-0.15, -0.1) is 0 Å². The number of urea groups is 1. The van der Waals surface area contributed by atoms with Crippen LogP contribution in [-0.4, -0.2) is 64.8 Å². The van der Waals surface area contributed by atoms with E-state index in [-0.39, 0.29) is 18.5 Å². The first-order valence-corrected chi connectivity index (χ1v) is 12.2. The summed E-state index contributed by atoms with van der Waals surface area (Å²) in [6.45, 7) is 2.99. The Kier molecular flexibility index (Phi) is 6.12. The molecule has 1 fully saturated rings. The highest BCUT2D eigenvalue weighted by atomic mass is 19.1. The number of carbonyl (C=O) groups excluding carboxylic acids is 2. The number of amides is 3. The van der Waals surface area contributed by atoms with Crippen LogP contribution in [0.5, 0.6) is 5.75 Å². The molecule has 2 N–H and O–H groups in total. The molecule has 1 spiro atoms. The number of ether oxygens (including phenoxy) is 1. The lowest BCUT2D eigenvalue weighted by Gasteiger charge is -2.56. The largest absolute Gasteiger partial charge is 0.497 e. The predicted octanol–water partition coefficient (Wildman–Crippen LogP) is 3.79. The standard InChI is InChI=1S/C27H31FN4O4/c1-4-6-23(34)32-16-27(14-31(15-27)26(35)29-18-8-5-7-17(28)11-18)24-20-10-9-19(36-3)12-21(20)30(2)25(24)22(32)13-33/h5,7-12,22,33H,4,6,13-16H2,1-3H3,(H,29,35)/t22-/m0/s1. The maximum absolute atomic E-state index is 13.6. The van der Waals surface area contributed by atoms with E-state index in [9.17, 15) is 19.1 Å². The van der Waals surface area contributed by atoms with Gasteiger partial charge in [-0.25, -0.2) is 9.18 Å². The second-order valence-electron chi connectivity index (χ2n) is 9.75. The SMILES string of the molecule is CCCC(=O)N1CC2(CN(C(=O)Nc3cccc(F)c3)C2)c2c(n(C)c3cc(OC)ccc23)[C@@H]1CO. The Morgan fingerprint density at radius 1 is 1.19 bits per heavy atom. The number of rotatable bonds is 5. The third kappa shape index (κ3) is 3.78. The number of anilines is 1. The van der Waals surface area contributed by atoms with E-state index in [0.717, 1.165) is 27.9 Å². The van der Waals surface area contributed by atoms with Crippen LogP contribution in [0.2, 0.25) is 0 Å². The average molecular weight is 495 g/mol. The van der Waals surface area contributed by atoms with E-state index in [1.165, 1.54) is 12.1 Å². The lowest BCUT2D eigenvalue weighted by atomic mass is 9.68. The van der Waals surface area contributed by atoms with Gasteiger partial charge < -0.3 is 29.5 Å². The van der Waals surface area contributed by atoms with Gasteiger partial charge in [0.25, 0.3) is 0 Å². The summed E-state index contributed by atoms with van der Waals surface area (Å²) in [7, 11) is 3.56. The highest BCUT2D eigenvalue weighted by Gasteiger charge is 2.55. The van der Waals surface area contributed by atoms with E-state index < -0.39 is 17.3 Å². The molecule has 0 radical (unpaired) electrons. The fourth-order valence-corrected chi connectivity index (χ4v) is 5.83. The number of aliphatic hydroxyl groups excluding tert-OH is 1.